The van der Waals surface area contributed by atoms with Crippen LogP contribution in [0, 0.1) is 0 Å². The number of anilines is 1. The van der Waals surface area contributed by atoms with E-state index in [1.54, 1.807) is 0 Å². The summed E-state index contributed by atoms with van der Waals surface area (Å²) in [5.74, 6) is 0.263. The highest BCUT2D eigenvalue weighted by molar-refractivity contribution is 5.99. The van der Waals surface area contributed by atoms with Gasteiger partial charge in [0.1, 0.15) is 0 Å². The summed E-state index contributed by atoms with van der Waals surface area (Å²) in [4.78, 5) is 14.9. The summed E-state index contributed by atoms with van der Waals surface area (Å²) in [7, 11) is 1.89. The Labute approximate surface area is 128 Å². The Morgan fingerprint density at radius 2 is 1.76 bits per heavy atom. The van der Waals surface area contributed by atoms with Gasteiger partial charge < -0.3 is 10.2 Å². The van der Waals surface area contributed by atoms with Crippen molar-refractivity contribution in [2.75, 3.05) is 11.9 Å². The monoisotopic (exact) mass is 288 g/mol. The Hall–Kier alpha value is -1.35. The maximum absolute atomic E-state index is 12.8. The van der Waals surface area contributed by atoms with Gasteiger partial charge in [-0.3, -0.25) is 4.79 Å². The minimum atomic E-state index is -0.0343. The molecule has 1 unspecified atom stereocenters. The Kier molecular flexibility index (Phi) is 5.80. The van der Waals surface area contributed by atoms with Crippen LogP contribution in [0.15, 0.2) is 24.3 Å². The number of hydrogen-bond donors (Lipinski definition) is 1. The van der Waals surface area contributed by atoms with E-state index in [-0.39, 0.29) is 11.9 Å². The number of nitrogens with zero attached hydrogens (tertiary/aromatic N) is 1. The predicted molar refractivity (Wildman–Crippen MR) is 88.7 cm³/mol. The molecule has 0 saturated heterocycles. The first-order valence-corrected chi connectivity index (χ1v) is 8.39. The molecule has 0 radical (unpaired) electrons. The maximum atomic E-state index is 12.8. The molecule has 1 aromatic carbocycles. The summed E-state index contributed by atoms with van der Waals surface area (Å²) in [5.41, 5.74) is 2.47. The van der Waals surface area contributed by atoms with E-state index in [4.69, 9.17) is 0 Å². The highest BCUT2D eigenvalue weighted by Crippen LogP contribution is 2.33. The molecule has 0 aromatic heterocycles. The first-order chi connectivity index (χ1) is 10.3. The highest BCUT2D eigenvalue weighted by Gasteiger charge is 2.34. The Morgan fingerprint density at radius 3 is 2.43 bits per heavy atom. The Balaban J connectivity index is 0.000000774. The molecule has 0 bridgehead atoms. The first kappa shape index (κ1) is 16.0. The molecule has 3 rings (SSSR count). The lowest BCUT2D eigenvalue weighted by atomic mass is 10.1. The SMILES string of the molecule is CC.CNC1CCc2ccccc2N(C2CCCC2)C1=O. The van der Waals surface area contributed by atoms with Crippen molar-refractivity contribution < 1.29 is 4.79 Å². The molecule has 1 saturated carbocycles. The van der Waals surface area contributed by atoms with Crippen LogP contribution in [-0.4, -0.2) is 25.0 Å². The molecule has 21 heavy (non-hydrogen) atoms. The number of para-hydroxylation sites is 1. The van der Waals surface area contributed by atoms with Gasteiger partial charge in [0.15, 0.2) is 0 Å². The number of fused-ring (bicyclic) bond motifs is 1. The van der Waals surface area contributed by atoms with Gasteiger partial charge in [-0.05, 0) is 44.4 Å². The van der Waals surface area contributed by atoms with Crippen molar-refractivity contribution in [1.29, 1.82) is 0 Å². The van der Waals surface area contributed by atoms with Gasteiger partial charge in [-0.1, -0.05) is 44.9 Å². The van der Waals surface area contributed by atoms with Crippen LogP contribution in [0.25, 0.3) is 0 Å². The molecule has 1 atom stereocenters. The summed E-state index contributed by atoms with van der Waals surface area (Å²) < 4.78 is 0. The zero-order valence-electron chi connectivity index (χ0n) is 13.6. The van der Waals surface area contributed by atoms with Crippen LogP contribution in [0.4, 0.5) is 5.69 Å². The summed E-state index contributed by atoms with van der Waals surface area (Å²) in [6.45, 7) is 4.00. The number of rotatable bonds is 2. The zero-order chi connectivity index (χ0) is 15.2. The average molecular weight is 288 g/mol. The van der Waals surface area contributed by atoms with Gasteiger partial charge >= 0.3 is 0 Å². The van der Waals surface area contributed by atoms with Crippen molar-refractivity contribution in [2.45, 2.75) is 64.5 Å². The van der Waals surface area contributed by atoms with E-state index >= 15 is 0 Å². The van der Waals surface area contributed by atoms with Crippen molar-refractivity contribution in [3.05, 3.63) is 29.8 Å². The minimum absolute atomic E-state index is 0.0343. The molecular weight excluding hydrogens is 260 g/mol. The predicted octanol–water partition coefficient (Wildman–Crippen LogP) is 3.52. The number of likely N-dealkylation sites (N-methyl/N-ethyl adjacent to an activating group) is 1. The van der Waals surface area contributed by atoms with Gasteiger partial charge in [-0.15, -0.1) is 0 Å². The highest BCUT2D eigenvalue weighted by atomic mass is 16.2. The first-order valence-electron chi connectivity index (χ1n) is 8.39. The molecule has 0 spiro atoms. The molecule has 1 N–H and O–H groups in total. The lowest BCUT2D eigenvalue weighted by molar-refractivity contribution is -0.121. The Bertz CT molecular complexity index is 466. The number of nitrogens with one attached hydrogen (secondary N) is 1. The molecule has 1 aromatic rings. The molecule has 116 valence electrons. The van der Waals surface area contributed by atoms with Crippen LogP contribution < -0.4 is 10.2 Å². The third kappa shape index (κ3) is 3.29. The summed E-state index contributed by atoms with van der Waals surface area (Å²) in [6, 6.07) is 8.78. The smallest absolute Gasteiger partial charge is 0.244 e. The van der Waals surface area contributed by atoms with Crippen molar-refractivity contribution in [3.8, 4) is 0 Å². The topological polar surface area (TPSA) is 32.3 Å². The van der Waals surface area contributed by atoms with Gasteiger partial charge in [-0.25, -0.2) is 0 Å². The van der Waals surface area contributed by atoms with E-state index in [9.17, 15) is 4.79 Å². The third-order valence-electron chi connectivity index (χ3n) is 4.53. The van der Waals surface area contributed by atoms with Gasteiger partial charge in [0, 0.05) is 11.7 Å². The molecule has 1 aliphatic carbocycles. The molecule has 3 heteroatoms. The summed E-state index contributed by atoms with van der Waals surface area (Å²) in [6.07, 6.45) is 6.68. The van der Waals surface area contributed by atoms with E-state index < -0.39 is 0 Å². The fourth-order valence-electron chi connectivity index (χ4n) is 3.47. The second-order valence-corrected chi connectivity index (χ2v) is 5.66. The molecular formula is C18H28N2O. The summed E-state index contributed by atoms with van der Waals surface area (Å²) >= 11 is 0. The van der Waals surface area contributed by atoms with E-state index in [1.807, 2.05) is 27.0 Å². The number of hydrogen-bond acceptors (Lipinski definition) is 2. The second-order valence-electron chi connectivity index (χ2n) is 5.66. The van der Waals surface area contributed by atoms with Crippen molar-refractivity contribution in [2.24, 2.45) is 0 Å². The number of amides is 1. The molecule has 1 aliphatic heterocycles. The molecule has 1 fully saturated rings. The van der Waals surface area contributed by atoms with Gasteiger partial charge in [-0.2, -0.15) is 0 Å². The van der Waals surface area contributed by atoms with E-state index in [0.29, 0.717) is 6.04 Å². The van der Waals surface area contributed by atoms with E-state index in [1.165, 1.54) is 18.4 Å². The fourth-order valence-corrected chi connectivity index (χ4v) is 3.47. The zero-order valence-corrected chi connectivity index (χ0v) is 13.6. The molecule has 1 amide bonds. The third-order valence-corrected chi connectivity index (χ3v) is 4.53. The number of aryl methyl sites for hydroxylation is 1. The molecule has 2 aliphatic rings. The molecule has 3 nitrogen and oxygen atoms in total. The van der Waals surface area contributed by atoms with Crippen molar-refractivity contribution >= 4 is 11.6 Å². The number of benzene rings is 1. The lowest BCUT2D eigenvalue weighted by Crippen LogP contribution is -2.48. The number of carbonyl (C=O) groups is 1. The largest absolute Gasteiger partial charge is 0.309 e. The second kappa shape index (κ2) is 7.60. The van der Waals surface area contributed by atoms with Crippen LogP contribution in [0.1, 0.15) is 51.5 Å². The van der Waals surface area contributed by atoms with Gasteiger partial charge in [0.25, 0.3) is 0 Å². The van der Waals surface area contributed by atoms with Gasteiger partial charge in [0.2, 0.25) is 5.91 Å². The van der Waals surface area contributed by atoms with E-state index in [0.717, 1.165) is 31.4 Å². The van der Waals surface area contributed by atoms with Crippen molar-refractivity contribution in [3.63, 3.8) is 0 Å². The fraction of sp³-hybridized carbons (Fsp3) is 0.611. The van der Waals surface area contributed by atoms with Crippen LogP contribution >= 0.6 is 0 Å². The van der Waals surface area contributed by atoms with E-state index in [2.05, 4.69) is 28.4 Å². The maximum Gasteiger partial charge on any atom is 0.244 e. The van der Waals surface area contributed by atoms with Crippen molar-refractivity contribution in [1.82, 2.24) is 5.32 Å². The van der Waals surface area contributed by atoms with Crippen LogP contribution in [0.3, 0.4) is 0 Å². The normalized spacial score (nSPS) is 22.3. The van der Waals surface area contributed by atoms with Crippen LogP contribution in [0.2, 0.25) is 0 Å². The quantitative estimate of drug-likeness (QED) is 0.903. The minimum Gasteiger partial charge on any atom is -0.309 e. The number of carbonyl (C=O) groups excluding carboxylic acids is 1. The Morgan fingerprint density at radius 1 is 1.10 bits per heavy atom. The molecule has 1 heterocycles. The lowest BCUT2D eigenvalue weighted by Gasteiger charge is -2.31. The average Bonchev–Trinajstić information content (AvgIpc) is 3.01. The standard InChI is InChI=1S/C16H22N2O.C2H6/c1-17-14-11-10-12-6-2-5-9-15(12)18(16(14)19)13-7-3-4-8-13;1-2/h2,5-6,9,13-14,17H,3-4,7-8,10-11H2,1H3;1-2H3. The van der Waals surface area contributed by atoms with Crippen LogP contribution in [0.5, 0.6) is 0 Å². The van der Waals surface area contributed by atoms with Crippen LogP contribution in [-0.2, 0) is 11.2 Å². The van der Waals surface area contributed by atoms with Gasteiger partial charge in [0.05, 0.1) is 6.04 Å². The summed E-state index contributed by atoms with van der Waals surface area (Å²) in [5, 5.41) is 3.19.